The van der Waals surface area contributed by atoms with Crippen LogP contribution < -0.4 is 11.2 Å². The van der Waals surface area contributed by atoms with Gasteiger partial charge in [-0.05, 0) is 19.3 Å². The zero-order valence-electron chi connectivity index (χ0n) is 11.2. The van der Waals surface area contributed by atoms with Crippen LogP contribution in [0.15, 0.2) is 27.2 Å². The van der Waals surface area contributed by atoms with Gasteiger partial charge in [-0.2, -0.15) is 0 Å². The maximum atomic E-state index is 11.8. The van der Waals surface area contributed by atoms with Crippen LogP contribution in [0.2, 0.25) is 0 Å². The molecule has 0 aromatic carbocycles. The van der Waals surface area contributed by atoms with Crippen molar-refractivity contribution in [3.63, 3.8) is 0 Å². The second kappa shape index (κ2) is 6.85. The van der Waals surface area contributed by atoms with Crippen LogP contribution in [0.1, 0.15) is 23.5 Å². The predicted octanol–water partition coefficient (Wildman–Crippen LogP) is 1.77. The summed E-state index contributed by atoms with van der Waals surface area (Å²) in [7, 11) is 1.64. The van der Waals surface area contributed by atoms with E-state index in [2.05, 4.69) is 4.98 Å². The summed E-state index contributed by atoms with van der Waals surface area (Å²) in [6, 6.07) is 1.41. The van der Waals surface area contributed by atoms with Crippen molar-refractivity contribution in [1.82, 2.24) is 14.1 Å². The first kappa shape index (κ1) is 15.0. The number of alkyl halides is 1. The lowest BCUT2D eigenvalue weighted by molar-refractivity contribution is 0.545. The molecule has 5 nitrogen and oxygen atoms in total. The van der Waals surface area contributed by atoms with Crippen molar-refractivity contribution in [2.75, 3.05) is 0 Å². The summed E-state index contributed by atoms with van der Waals surface area (Å²) >= 11 is 7.30. The molecule has 108 valence electrons. The molecule has 2 heterocycles. The molecule has 0 aliphatic rings. The fourth-order valence-corrected chi connectivity index (χ4v) is 2.96. The monoisotopic (exact) mass is 313 g/mol. The van der Waals surface area contributed by atoms with Crippen molar-refractivity contribution in [2.45, 2.75) is 31.7 Å². The van der Waals surface area contributed by atoms with Gasteiger partial charge >= 0.3 is 5.69 Å². The van der Waals surface area contributed by atoms with E-state index >= 15 is 0 Å². The SMILES string of the molecule is Cn1ccc(=O)n(CCCCc2nc(CCl)cs2)c1=O. The largest absolute Gasteiger partial charge is 0.330 e. The highest BCUT2D eigenvalue weighted by atomic mass is 35.5. The molecule has 0 amide bonds. The van der Waals surface area contributed by atoms with Crippen LogP contribution in [-0.2, 0) is 25.9 Å². The van der Waals surface area contributed by atoms with E-state index < -0.39 is 0 Å². The molecule has 0 N–H and O–H groups in total. The third-order valence-electron chi connectivity index (χ3n) is 3.00. The summed E-state index contributed by atoms with van der Waals surface area (Å²) < 4.78 is 2.68. The van der Waals surface area contributed by atoms with Crippen molar-refractivity contribution in [1.29, 1.82) is 0 Å². The lowest BCUT2D eigenvalue weighted by Gasteiger charge is -2.05. The summed E-state index contributed by atoms with van der Waals surface area (Å²) in [5.41, 5.74) is 0.391. The number of rotatable bonds is 6. The number of unbranched alkanes of at least 4 members (excludes halogenated alkanes) is 1. The topological polar surface area (TPSA) is 56.9 Å². The molecule has 2 aromatic rings. The van der Waals surface area contributed by atoms with Crippen LogP contribution in [0.25, 0.3) is 0 Å². The summed E-state index contributed by atoms with van der Waals surface area (Å²) in [6.07, 6.45) is 4.00. The predicted molar refractivity (Wildman–Crippen MR) is 80.6 cm³/mol. The van der Waals surface area contributed by atoms with Crippen molar-refractivity contribution in [3.8, 4) is 0 Å². The molecule has 0 spiro atoms. The molecule has 0 unspecified atom stereocenters. The first-order chi connectivity index (χ1) is 9.61. The Labute approximate surface area is 125 Å². The Morgan fingerprint density at radius 1 is 1.35 bits per heavy atom. The second-order valence-corrected chi connectivity index (χ2v) is 5.73. The van der Waals surface area contributed by atoms with Gasteiger partial charge in [0.05, 0.1) is 16.6 Å². The highest BCUT2D eigenvalue weighted by Gasteiger charge is 2.04. The molecule has 0 radical (unpaired) electrons. The summed E-state index contributed by atoms with van der Waals surface area (Å²) in [4.78, 5) is 27.8. The first-order valence-electron chi connectivity index (χ1n) is 6.37. The minimum atomic E-state index is -0.267. The number of nitrogens with zero attached hydrogens (tertiary/aromatic N) is 3. The van der Waals surface area contributed by atoms with E-state index in [-0.39, 0.29) is 11.2 Å². The number of aryl methyl sites for hydroxylation is 2. The van der Waals surface area contributed by atoms with Gasteiger partial charge in [-0.15, -0.1) is 22.9 Å². The van der Waals surface area contributed by atoms with Gasteiger partial charge in [-0.25, -0.2) is 9.78 Å². The lowest BCUT2D eigenvalue weighted by atomic mass is 10.2. The third-order valence-corrected chi connectivity index (χ3v) is 4.23. The van der Waals surface area contributed by atoms with E-state index in [4.69, 9.17) is 11.6 Å². The average molecular weight is 314 g/mol. The molecule has 0 bridgehead atoms. The molecule has 0 saturated heterocycles. The zero-order valence-corrected chi connectivity index (χ0v) is 12.8. The van der Waals surface area contributed by atoms with Crippen molar-refractivity contribution in [3.05, 3.63) is 49.2 Å². The molecule has 0 saturated carbocycles. The molecule has 0 aliphatic heterocycles. The first-order valence-corrected chi connectivity index (χ1v) is 7.79. The maximum Gasteiger partial charge on any atom is 0.330 e. The van der Waals surface area contributed by atoms with Crippen molar-refractivity contribution >= 4 is 22.9 Å². The Kier molecular flexibility index (Phi) is 5.14. The van der Waals surface area contributed by atoms with Gasteiger partial charge in [0.2, 0.25) is 0 Å². The van der Waals surface area contributed by atoms with Crippen molar-refractivity contribution < 1.29 is 0 Å². The third kappa shape index (κ3) is 3.58. The Hall–Kier alpha value is -1.40. The number of hydrogen-bond donors (Lipinski definition) is 0. The Morgan fingerprint density at radius 2 is 2.15 bits per heavy atom. The van der Waals surface area contributed by atoms with E-state index in [1.807, 2.05) is 5.38 Å². The van der Waals surface area contributed by atoms with Gasteiger partial charge in [0.15, 0.2) is 0 Å². The summed E-state index contributed by atoms with van der Waals surface area (Å²) in [5.74, 6) is 0.436. The molecule has 2 aromatic heterocycles. The molecule has 20 heavy (non-hydrogen) atoms. The summed E-state index contributed by atoms with van der Waals surface area (Å²) in [5, 5.41) is 3.01. The maximum absolute atomic E-state index is 11.8. The lowest BCUT2D eigenvalue weighted by Crippen LogP contribution is -2.37. The quantitative estimate of drug-likeness (QED) is 0.603. The Bertz CT molecular complexity index is 689. The van der Waals surface area contributed by atoms with E-state index in [1.54, 1.807) is 18.4 Å². The zero-order chi connectivity index (χ0) is 14.5. The smallest absolute Gasteiger partial charge is 0.303 e. The number of thiazole rings is 1. The standard InChI is InChI=1S/C13H16ClN3O2S/c1-16-7-5-12(18)17(13(16)19)6-3-2-4-11-15-10(8-14)9-20-11/h5,7,9H,2-4,6,8H2,1H3. The van der Waals surface area contributed by atoms with Crippen LogP contribution in [0.5, 0.6) is 0 Å². The van der Waals surface area contributed by atoms with Crippen LogP contribution in [-0.4, -0.2) is 14.1 Å². The normalized spacial score (nSPS) is 10.9. The van der Waals surface area contributed by atoms with Gasteiger partial charge < -0.3 is 4.57 Å². The van der Waals surface area contributed by atoms with E-state index in [1.165, 1.54) is 21.4 Å². The minimum absolute atomic E-state index is 0.244. The fraction of sp³-hybridized carbons (Fsp3) is 0.462. The fourth-order valence-electron chi connectivity index (χ4n) is 1.89. The van der Waals surface area contributed by atoms with Crippen LogP contribution in [0.4, 0.5) is 0 Å². The van der Waals surface area contributed by atoms with Crippen LogP contribution in [0.3, 0.4) is 0 Å². The highest BCUT2D eigenvalue weighted by molar-refractivity contribution is 7.09. The molecular formula is C13H16ClN3O2S. The van der Waals surface area contributed by atoms with Crippen LogP contribution in [0, 0.1) is 0 Å². The number of hydrogen-bond acceptors (Lipinski definition) is 4. The van der Waals surface area contributed by atoms with Crippen molar-refractivity contribution in [2.24, 2.45) is 7.05 Å². The second-order valence-electron chi connectivity index (χ2n) is 4.52. The minimum Gasteiger partial charge on any atom is -0.303 e. The molecule has 0 atom stereocenters. The molecule has 2 rings (SSSR count). The van der Waals surface area contributed by atoms with E-state index in [9.17, 15) is 9.59 Å². The van der Waals surface area contributed by atoms with Gasteiger partial charge in [-0.3, -0.25) is 9.36 Å². The highest BCUT2D eigenvalue weighted by Crippen LogP contribution is 2.14. The van der Waals surface area contributed by atoms with E-state index in [0.717, 1.165) is 30.0 Å². The number of aromatic nitrogens is 3. The molecule has 0 aliphatic carbocycles. The van der Waals surface area contributed by atoms with Crippen LogP contribution >= 0.6 is 22.9 Å². The Morgan fingerprint density at radius 3 is 2.85 bits per heavy atom. The average Bonchev–Trinajstić information content (AvgIpc) is 2.90. The molecule has 0 fully saturated rings. The summed E-state index contributed by atoms with van der Waals surface area (Å²) in [6.45, 7) is 0.445. The molecule has 7 heteroatoms. The van der Waals surface area contributed by atoms with Gasteiger partial charge in [-0.1, -0.05) is 0 Å². The number of halogens is 1. The van der Waals surface area contributed by atoms with Gasteiger partial charge in [0.25, 0.3) is 5.56 Å². The van der Waals surface area contributed by atoms with Gasteiger partial charge in [0, 0.05) is 31.2 Å². The van der Waals surface area contributed by atoms with Gasteiger partial charge in [0.1, 0.15) is 0 Å². The van der Waals surface area contributed by atoms with E-state index in [0.29, 0.717) is 12.4 Å². The molecular weight excluding hydrogens is 298 g/mol. The Balaban J connectivity index is 1.89.